The second-order valence-electron chi connectivity index (χ2n) is 2.06. The Bertz CT molecular complexity index is 157. The Balaban J connectivity index is 0. The number of rotatable bonds is 0. The van der Waals surface area contributed by atoms with Crippen LogP contribution in [0.15, 0.2) is 4.99 Å². The Morgan fingerprint density at radius 2 is 1.83 bits per heavy atom. The van der Waals surface area contributed by atoms with Gasteiger partial charge in [-0.2, -0.15) is 0 Å². The van der Waals surface area contributed by atoms with Crippen molar-refractivity contribution in [1.82, 2.24) is 4.90 Å². The molecule has 0 saturated carbocycles. The fourth-order valence-electron chi connectivity index (χ4n) is 0.293. The van der Waals surface area contributed by atoms with Gasteiger partial charge in [0.1, 0.15) is 5.84 Å². The number of amidine groups is 2. The first-order valence-electron chi connectivity index (χ1n) is 3.37. The Morgan fingerprint density at radius 1 is 1.42 bits per heavy atom. The molecule has 12 heavy (non-hydrogen) atoms. The van der Waals surface area contributed by atoms with Crippen LogP contribution >= 0.6 is 11.8 Å². The van der Waals surface area contributed by atoms with Gasteiger partial charge in [0.05, 0.1) is 0 Å². The number of aliphatic hydroxyl groups is 1. The normalized spacial score (nSPS) is 10.0. The van der Waals surface area contributed by atoms with Crippen LogP contribution in [0.3, 0.4) is 0 Å². The van der Waals surface area contributed by atoms with Crippen molar-refractivity contribution in [3.63, 3.8) is 0 Å². The maximum atomic E-state index is 7.21. The fourth-order valence-corrected chi connectivity index (χ4v) is 0.516. The molecule has 72 valence electrons. The number of nitrogens with zero attached hydrogens (tertiary/aromatic N) is 2. The molecule has 5 heteroatoms. The quantitative estimate of drug-likeness (QED) is 0.441. The highest BCUT2D eigenvalue weighted by molar-refractivity contribution is 8.13. The summed E-state index contributed by atoms with van der Waals surface area (Å²) < 4.78 is 0. The molecule has 0 saturated heterocycles. The van der Waals surface area contributed by atoms with Crippen molar-refractivity contribution in [2.24, 2.45) is 4.99 Å². The molecule has 0 aliphatic heterocycles. The Morgan fingerprint density at radius 3 is 2.08 bits per heavy atom. The molecule has 0 atom stereocenters. The average molecular weight is 191 g/mol. The number of aliphatic hydroxyl groups excluding tert-OH is 1. The predicted molar refractivity (Wildman–Crippen MR) is 56.2 cm³/mol. The molecule has 0 unspecified atom stereocenters. The number of nitrogens with one attached hydrogen (secondary N) is 1. The minimum absolute atomic E-state index is 0.353. The molecule has 0 aromatic carbocycles. The Kier molecular flexibility index (Phi) is 9.97. The largest absolute Gasteiger partial charge is 0.400 e. The Labute approximate surface area is 78.2 Å². The molecule has 0 amide bonds. The number of aliphatic imine (C=N–C) groups is 1. The molecule has 0 radical (unpaired) electrons. The molecule has 0 aromatic rings. The minimum Gasteiger partial charge on any atom is -0.400 e. The summed E-state index contributed by atoms with van der Waals surface area (Å²) in [6.07, 6.45) is 1.84. The van der Waals surface area contributed by atoms with Crippen LogP contribution in [0.5, 0.6) is 0 Å². The van der Waals surface area contributed by atoms with Crippen LogP contribution in [0, 0.1) is 5.41 Å². The molecule has 0 spiro atoms. The number of hydrogen-bond donors (Lipinski definition) is 2. The van der Waals surface area contributed by atoms with Gasteiger partial charge in [0.25, 0.3) is 0 Å². The van der Waals surface area contributed by atoms with Crippen molar-refractivity contribution >= 4 is 22.8 Å². The van der Waals surface area contributed by atoms with E-state index < -0.39 is 0 Å². The topological polar surface area (TPSA) is 59.7 Å². The van der Waals surface area contributed by atoms with Gasteiger partial charge in [-0.1, -0.05) is 11.8 Å². The predicted octanol–water partition coefficient (Wildman–Crippen LogP) is 0.873. The van der Waals surface area contributed by atoms with Crippen LogP contribution in [-0.4, -0.2) is 48.5 Å². The van der Waals surface area contributed by atoms with Gasteiger partial charge in [0, 0.05) is 21.2 Å². The van der Waals surface area contributed by atoms with Gasteiger partial charge in [-0.05, 0) is 13.2 Å². The van der Waals surface area contributed by atoms with Gasteiger partial charge in [0.15, 0.2) is 5.17 Å². The van der Waals surface area contributed by atoms with Crippen molar-refractivity contribution in [1.29, 1.82) is 5.41 Å². The maximum Gasteiger partial charge on any atom is 0.181 e. The molecule has 0 fully saturated rings. The number of thioether (sulfide) groups is 1. The zero-order valence-corrected chi connectivity index (χ0v) is 9.07. The van der Waals surface area contributed by atoms with Crippen molar-refractivity contribution in [2.45, 2.75) is 6.92 Å². The van der Waals surface area contributed by atoms with Gasteiger partial charge >= 0.3 is 0 Å². The molecule has 0 bridgehead atoms. The molecule has 0 heterocycles. The highest BCUT2D eigenvalue weighted by Crippen LogP contribution is 1.97. The van der Waals surface area contributed by atoms with Gasteiger partial charge in [-0.3, -0.25) is 5.41 Å². The van der Waals surface area contributed by atoms with E-state index in [9.17, 15) is 0 Å². The minimum atomic E-state index is 0.353. The third-order valence-electron chi connectivity index (χ3n) is 1.10. The van der Waals surface area contributed by atoms with Gasteiger partial charge in [0.2, 0.25) is 0 Å². The van der Waals surface area contributed by atoms with E-state index in [1.807, 2.05) is 32.2 Å². The van der Waals surface area contributed by atoms with Crippen LogP contribution in [0.25, 0.3) is 0 Å². The second-order valence-corrected chi connectivity index (χ2v) is 2.86. The summed E-state index contributed by atoms with van der Waals surface area (Å²) in [6, 6.07) is 0. The highest BCUT2D eigenvalue weighted by atomic mass is 32.2. The molecule has 0 aliphatic rings. The van der Waals surface area contributed by atoms with Crippen LogP contribution in [0.2, 0.25) is 0 Å². The third-order valence-corrected chi connectivity index (χ3v) is 1.58. The van der Waals surface area contributed by atoms with Crippen molar-refractivity contribution in [2.75, 3.05) is 27.5 Å². The lowest BCUT2D eigenvalue weighted by Crippen LogP contribution is -2.19. The van der Waals surface area contributed by atoms with E-state index in [-0.39, 0.29) is 0 Å². The number of hydrogen-bond acceptors (Lipinski definition) is 3. The van der Waals surface area contributed by atoms with E-state index in [0.29, 0.717) is 5.17 Å². The summed E-state index contributed by atoms with van der Waals surface area (Å²) in [5.74, 6) is 0.861. The van der Waals surface area contributed by atoms with Crippen molar-refractivity contribution in [3.8, 4) is 0 Å². The van der Waals surface area contributed by atoms with E-state index in [2.05, 4.69) is 4.99 Å². The van der Waals surface area contributed by atoms with Crippen LogP contribution < -0.4 is 0 Å². The monoisotopic (exact) mass is 191 g/mol. The second kappa shape index (κ2) is 8.55. The molecule has 0 aromatic heterocycles. The first-order valence-corrected chi connectivity index (χ1v) is 4.60. The highest BCUT2D eigenvalue weighted by Gasteiger charge is 1.94. The van der Waals surface area contributed by atoms with Crippen LogP contribution in [0.4, 0.5) is 0 Å². The molecular formula is C7H17N3OS. The lowest BCUT2D eigenvalue weighted by molar-refractivity contribution is 0.399. The smallest absolute Gasteiger partial charge is 0.181 e. The lowest BCUT2D eigenvalue weighted by atomic mass is 10.6. The summed E-state index contributed by atoms with van der Waals surface area (Å²) in [5.41, 5.74) is 0. The molecular weight excluding hydrogens is 174 g/mol. The maximum absolute atomic E-state index is 7.21. The standard InChI is InChI=1S/C6H13N3S.CH4O/c1-5(9(2)3)8-6(7)10-4;1-2/h7H,1-4H3;2H,1H3/b7-6?,8-5-;. The molecule has 2 N–H and O–H groups in total. The summed E-state index contributed by atoms with van der Waals surface area (Å²) in [6.45, 7) is 1.88. The molecule has 0 aliphatic carbocycles. The average Bonchev–Trinajstić information content (AvgIpc) is 2.07. The van der Waals surface area contributed by atoms with Gasteiger partial charge < -0.3 is 10.0 Å². The molecule has 0 rings (SSSR count). The molecule has 4 nitrogen and oxygen atoms in total. The van der Waals surface area contributed by atoms with E-state index in [0.717, 1.165) is 12.9 Å². The summed E-state index contributed by atoms with van der Waals surface area (Å²) in [7, 11) is 4.82. The summed E-state index contributed by atoms with van der Waals surface area (Å²) in [5, 5.41) is 14.6. The fraction of sp³-hybridized carbons (Fsp3) is 0.714. The van der Waals surface area contributed by atoms with Crippen LogP contribution in [0.1, 0.15) is 6.92 Å². The summed E-state index contributed by atoms with van der Waals surface area (Å²) in [4.78, 5) is 5.86. The van der Waals surface area contributed by atoms with E-state index in [4.69, 9.17) is 10.5 Å². The summed E-state index contributed by atoms with van der Waals surface area (Å²) >= 11 is 1.34. The zero-order valence-electron chi connectivity index (χ0n) is 8.25. The Hall–Kier alpha value is -0.550. The zero-order chi connectivity index (χ0) is 10.1. The van der Waals surface area contributed by atoms with E-state index in [1.165, 1.54) is 11.8 Å². The van der Waals surface area contributed by atoms with Gasteiger partial charge in [-0.15, -0.1) is 0 Å². The van der Waals surface area contributed by atoms with Gasteiger partial charge in [-0.25, -0.2) is 4.99 Å². The van der Waals surface area contributed by atoms with E-state index in [1.54, 1.807) is 0 Å². The SMILES string of the molecule is CO.CSC(=N)/N=C(/C)N(C)C. The van der Waals surface area contributed by atoms with Crippen LogP contribution in [-0.2, 0) is 0 Å². The van der Waals surface area contributed by atoms with Crippen molar-refractivity contribution in [3.05, 3.63) is 0 Å². The third kappa shape index (κ3) is 7.56. The van der Waals surface area contributed by atoms with E-state index >= 15 is 0 Å². The van der Waals surface area contributed by atoms with Crippen molar-refractivity contribution < 1.29 is 5.11 Å². The lowest BCUT2D eigenvalue weighted by Gasteiger charge is -2.10. The first-order chi connectivity index (χ1) is 5.57. The first kappa shape index (κ1) is 14.0.